The number of carbonyl (C=O) groups is 3. The fourth-order valence-corrected chi connectivity index (χ4v) is 4.43. The van der Waals surface area contributed by atoms with Gasteiger partial charge < -0.3 is 9.29 Å². The molecule has 4 rings (SSSR count). The Kier molecular flexibility index (Phi) is 6.33. The molecule has 0 saturated carbocycles. The summed E-state index contributed by atoms with van der Waals surface area (Å²) in [6.45, 7) is 1.82. The number of benzene rings is 3. The molecule has 0 aliphatic carbocycles. The standard InChI is InChI=1S/C24H17ClN2O7S/c1-14-2-9-18(10-3-14)35(32,33)34-21-11-4-15(13-20(21)25)12-19-22(29)26-24(31)27(23(19)30)16-5-7-17(28)8-6-16/h2-13,28H,1H3,(H,26,29,31)/b19-12+. The highest BCUT2D eigenvalue weighted by atomic mass is 35.5. The topological polar surface area (TPSA) is 130 Å². The zero-order valence-electron chi connectivity index (χ0n) is 18.1. The van der Waals surface area contributed by atoms with E-state index in [0.29, 0.717) is 0 Å². The molecule has 0 aromatic heterocycles. The van der Waals surface area contributed by atoms with E-state index in [4.69, 9.17) is 15.8 Å². The summed E-state index contributed by atoms with van der Waals surface area (Å²) in [7, 11) is -4.14. The van der Waals surface area contributed by atoms with Crippen LogP contribution in [0.2, 0.25) is 5.02 Å². The molecule has 0 radical (unpaired) electrons. The van der Waals surface area contributed by atoms with Gasteiger partial charge in [0.15, 0.2) is 5.75 Å². The van der Waals surface area contributed by atoms with Crippen molar-refractivity contribution in [3.63, 3.8) is 0 Å². The number of urea groups is 1. The number of imide groups is 2. The Labute approximate surface area is 205 Å². The third-order valence-electron chi connectivity index (χ3n) is 4.99. The van der Waals surface area contributed by atoms with Crippen molar-refractivity contribution in [1.29, 1.82) is 0 Å². The number of aromatic hydroxyl groups is 1. The van der Waals surface area contributed by atoms with Gasteiger partial charge in [-0.15, -0.1) is 0 Å². The number of phenols is 1. The first-order chi connectivity index (χ1) is 16.5. The fourth-order valence-electron chi connectivity index (χ4n) is 3.21. The van der Waals surface area contributed by atoms with Gasteiger partial charge in [0.1, 0.15) is 16.2 Å². The molecule has 0 atom stereocenters. The predicted molar refractivity (Wildman–Crippen MR) is 128 cm³/mol. The summed E-state index contributed by atoms with van der Waals surface area (Å²) in [5, 5.41) is 11.4. The molecule has 1 aliphatic heterocycles. The lowest BCUT2D eigenvalue weighted by Gasteiger charge is -2.26. The zero-order chi connectivity index (χ0) is 25.3. The summed E-state index contributed by atoms with van der Waals surface area (Å²) >= 11 is 6.21. The Hall–Kier alpha value is -4.15. The Morgan fingerprint density at radius 2 is 1.63 bits per heavy atom. The summed E-state index contributed by atoms with van der Waals surface area (Å²) in [5.74, 6) is -2.00. The molecule has 0 spiro atoms. The fraction of sp³-hybridized carbons (Fsp3) is 0.0417. The third-order valence-corrected chi connectivity index (χ3v) is 6.53. The lowest BCUT2D eigenvalue weighted by Crippen LogP contribution is -2.54. The molecule has 3 aromatic rings. The molecule has 11 heteroatoms. The number of amides is 4. The van der Waals surface area contributed by atoms with Crippen molar-refractivity contribution in [2.24, 2.45) is 0 Å². The minimum absolute atomic E-state index is 0.0474. The van der Waals surface area contributed by atoms with E-state index >= 15 is 0 Å². The van der Waals surface area contributed by atoms with Crippen LogP contribution in [0.5, 0.6) is 11.5 Å². The largest absolute Gasteiger partial charge is 0.508 e. The van der Waals surface area contributed by atoms with E-state index in [1.54, 1.807) is 12.1 Å². The molecule has 3 aromatic carbocycles. The highest BCUT2D eigenvalue weighted by Gasteiger charge is 2.36. The predicted octanol–water partition coefficient (Wildman–Crippen LogP) is 3.79. The van der Waals surface area contributed by atoms with E-state index in [9.17, 15) is 27.9 Å². The van der Waals surface area contributed by atoms with E-state index in [0.717, 1.165) is 10.5 Å². The number of hydrogen-bond donors (Lipinski definition) is 2. The second-order valence-electron chi connectivity index (χ2n) is 7.51. The van der Waals surface area contributed by atoms with Gasteiger partial charge in [-0.2, -0.15) is 8.42 Å². The molecule has 1 saturated heterocycles. The number of halogens is 1. The summed E-state index contributed by atoms with van der Waals surface area (Å²) in [6, 6.07) is 14.4. The lowest BCUT2D eigenvalue weighted by atomic mass is 10.1. The minimum Gasteiger partial charge on any atom is -0.508 e. The number of rotatable bonds is 5. The van der Waals surface area contributed by atoms with Crippen LogP contribution in [0.4, 0.5) is 10.5 Å². The van der Waals surface area contributed by atoms with Gasteiger partial charge in [0, 0.05) is 0 Å². The number of aryl methyl sites for hydroxylation is 1. The summed E-state index contributed by atoms with van der Waals surface area (Å²) in [4.78, 5) is 38.2. The van der Waals surface area contributed by atoms with Crippen LogP contribution < -0.4 is 14.4 Å². The first-order valence-electron chi connectivity index (χ1n) is 10.1. The second-order valence-corrected chi connectivity index (χ2v) is 9.47. The van der Waals surface area contributed by atoms with Crippen molar-refractivity contribution in [2.45, 2.75) is 11.8 Å². The molecule has 9 nitrogen and oxygen atoms in total. The van der Waals surface area contributed by atoms with Crippen LogP contribution in [0.25, 0.3) is 6.08 Å². The highest BCUT2D eigenvalue weighted by Crippen LogP contribution is 2.30. The van der Waals surface area contributed by atoms with Crippen molar-refractivity contribution in [2.75, 3.05) is 4.90 Å². The van der Waals surface area contributed by atoms with E-state index < -0.39 is 28.0 Å². The Balaban J connectivity index is 1.61. The van der Waals surface area contributed by atoms with E-state index in [1.807, 2.05) is 6.92 Å². The third kappa shape index (κ3) is 5.03. The summed E-state index contributed by atoms with van der Waals surface area (Å²) in [6.07, 6.45) is 1.21. The number of nitrogens with zero attached hydrogens (tertiary/aromatic N) is 1. The molecule has 35 heavy (non-hydrogen) atoms. The quantitative estimate of drug-likeness (QED) is 0.302. The van der Waals surface area contributed by atoms with Crippen molar-refractivity contribution < 1.29 is 32.1 Å². The van der Waals surface area contributed by atoms with E-state index in [2.05, 4.69) is 5.32 Å². The van der Waals surface area contributed by atoms with Crippen LogP contribution in [0.1, 0.15) is 11.1 Å². The summed E-state index contributed by atoms with van der Waals surface area (Å²) in [5.41, 5.74) is 0.960. The average molecular weight is 513 g/mol. The van der Waals surface area contributed by atoms with Crippen LogP contribution in [0.3, 0.4) is 0 Å². The van der Waals surface area contributed by atoms with Crippen molar-refractivity contribution in [3.05, 3.63) is 88.5 Å². The monoisotopic (exact) mass is 512 g/mol. The molecule has 1 heterocycles. The minimum atomic E-state index is -4.14. The first kappa shape index (κ1) is 24.0. The van der Waals surface area contributed by atoms with Gasteiger partial charge in [0.25, 0.3) is 11.8 Å². The number of phenolic OH excluding ortho intramolecular Hbond substituents is 1. The normalized spacial score (nSPS) is 15.3. The van der Waals surface area contributed by atoms with E-state index in [1.165, 1.54) is 60.7 Å². The van der Waals surface area contributed by atoms with E-state index in [-0.39, 0.29) is 38.2 Å². The maximum absolute atomic E-state index is 12.9. The number of nitrogens with one attached hydrogen (secondary N) is 1. The van der Waals surface area contributed by atoms with Crippen molar-refractivity contribution in [1.82, 2.24) is 5.32 Å². The molecule has 1 fully saturated rings. The van der Waals surface area contributed by atoms with Gasteiger partial charge in [-0.05, 0) is 67.1 Å². The van der Waals surface area contributed by atoms with Crippen LogP contribution in [-0.4, -0.2) is 31.4 Å². The van der Waals surface area contributed by atoms with Crippen LogP contribution >= 0.6 is 11.6 Å². The number of hydrogen-bond acceptors (Lipinski definition) is 7. The maximum atomic E-state index is 12.9. The molecule has 0 unspecified atom stereocenters. The molecule has 178 valence electrons. The second kappa shape index (κ2) is 9.24. The van der Waals surface area contributed by atoms with Crippen LogP contribution in [0, 0.1) is 6.92 Å². The number of anilines is 1. The van der Waals surface area contributed by atoms with Crippen LogP contribution in [0.15, 0.2) is 77.2 Å². The molecule has 2 N–H and O–H groups in total. The maximum Gasteiger partial charge on any atom is 0.339 e. The van der Waals surface area contributed by atoms with Gasteiger partial charge in [-0.25, -0.2) is 9.69 Å². The van der Waals surface area contributed by atoms with Gasteiger partial charge >= 0.3 is 16.1 Å². The first-order valence-corrected chi connectivity index (χ1v) is 11.8. The Morgan fingerprint density at radius 3 is 2.26 bits per heavy atom. The number of carbonyl (C=O) groups excluding carboxylic acids is 3. The molecule has 0 bridgehead atoms. The molecular weight excluding hydrogens is 496 g/mol. The van der Waals surface area contributed by atoms with Crippen molar-refractivity contribution in [3.8, 4) is 11.5 Å². The summed E-state index contributed by atoms with van der Waals surface area (Å²) < 4.78 is 30.2. The van der Waals surface area contributed by atoms with Gasteiger partial charge in [0.05, 0.1) is 10.7 Å². The Bertz CT molecular complexity index is 1480. The van der Waals surface area contributed by atoms with Gasteiger partial charge in [-0.3, -0.25) is 14.9 Å². The van der Waals surface area contributed by atoms with Crippen molar-refractivity contribution >= 4 is 51.3 Å². The SMILES string of the molecule is Cc1ccc(S(=O)(=O)Oc2ccc(/C=C3\C(=O)NC(=O)N(c4ccc(O)cc4)C3=O)cc2Cl)cc1. The molecule has 1 aliphatic rings. The van der Waals surface area contributed by atoms with Crippen LogP contribution in [-0.2, 0) is 19.7 Å². The highest BCUT2D eigenvalue weighted by molar-refractivity contribution is 7.87. The number of barbiturate groups is 1. The molecular formula is C24H17ClN2O7S. The smallest absolute Gasteiger partial charge is 0.339 e. The molecule has 4 amide bonds. The zero-order valence-corrected chi connectivity index (χ0v) is 19.6. The lowest BCUT2D eigenvalue weighted by molar-refractivity contribution is -0.122. The van der Waals surface area contributed by atoms with Gasteiger partial charge in [0.2, 0.25) is 0 Å². The Morgan fingerprint density at radius 1 is 0.971 bits per heavy atom. The average Bonchev–Trinajstić information content (AvgIpc) is 2.80. The van der Waals surface area contributed by atoms with Gasteiger partial charge in [-0.1, -0.05) is 35.4 Å².